The van der Waals surface area contributed by atoms with Crippen molar-refractivity contribution < 1.29 is 4.79 Å². The van der Waals surface area contributed by atoms with Gasteiger partial charge in [-0.2, -0.15) is 0 Å². The topological polar surface area (TPSA) is 38.1 Å². The number of imidazole rings is 1. The lowest BCUT2D eigenvalue weighted by atomic mass is 9.93. The molecule has 0 radical (unpaired) electrons. The molecule has 150 valence electrons. The van der Waals surface area contributed by atoms with Crippen molar-refractivity contribution in [1.29, 1.82) is 0 Å². The smallest absolute Gasteiger partial charge is 0.207 e. The van der Waals surface area contributed by atoms with Crippen molar-refractivity contribution in [3.63, 3.8) is 0 Å². The Balaban J connectivity index is 1.68. The third-order valence-electron chi connectivity index (χ3n) is 5.35. The summed E-state index contributed by atoms with van der Waals surface area (Å²) < 4.78 is 1.87. The summed E-state index contributed by atoms with van der Waals surface area (Å²) in [5.41, 5.74) is 4.22. The normalized spacial score (nSPS) is 11.8. The van der Waals surface area contributed by atoms with Crippen LogP contribution in [0, 0.1) is 6.92 Å². The summed E-state index contributed by atoms with van der Waals surface area (Å²) in [6.07, 6.45) is 3.53. The van der Waals surface area contributed by atoms with Gasteiger partial charge in [0.25, 0.3) is 0 Å². The SMILES string of the molecule is Cc1ccc(N(C)C[C@@H](C(=O)c2nccn2-c2ccccc2)c2ccccc2)cc1. The van der Waals surface area contributed by atoms with Crippen molar-refractivity contribution >= 4 is 11.5 Å². The van der Waals surface area contributed by atoms with Crippen LogP contribution in [-0.2, 0) is 0 Å². The lowest BCUT2D eigenvalue weighted by Crippen LogP contribution is -2.30. The first-order valence-electron chi connectivity index (χ1n) is 10.1. The van der Waals surface area contributed by atoms with Crippen molar-refractivity contribution in [3.05, 3.63) is 114 Å². The molecule has 3 aromatic carbocycles. The number of carbonyl (C=O) groups excluding carboxylic acids is 1. The Morgan fingerprint density at radius 3 is 2.23 bits per heavy atom. The van der Waals surface area contributed by atoms with Gasteiger partial charge in [0.1, 0.15) is 0 Å². The van der Waals surface area contributed by atoms with Crippen molar-refractivity contribution in [3.8, 4) is 5.69 Å². The van der Waals surface area contributed by atoms with Gasteiger partial charge in [-0.15, -0.1) is 0 Å². The summed E-state index contributed by atoms with van der Waals surface area (Å²) in [5.74, 6) is 0.128. The molecule has 4 aromatic rings. The van der Waals surface area contributed by atoms with E-state index in [2.05, 4.69) is 41.1 Å². The Bertz CT molecular complexity index is 1100. The van der Waals surface area contributed by atoms with E-state index in [9.17, 15) is 4.79 Å². The minimum Gasteiger partial charge on any atom is -0.374 e. The van der Waals surface area contributed by atoms with Gasteiger partial charge in [-0.05, 0) is 36.8 Å². The van der Waals surface area contributed by atoms with Crippen LogP contribution in [0.3, 0.4) is 0 Å². The summed E-state index contributed by atoms with van der Waals surface area (Å²) in [6, 6.07) is 28.2. The molecule has 0 amide bonds. The molecule has 0 aliphatic rings. The molecule has 0 aliphatic heterocycles. The maximum absolute atomic E-state index is 13.7. The molecule has 4 nitrogen and oxygen atoms in total. The van der Waals surface area contributed by atoms with Gasteiger partial charge in [0.05, 0.1) is 5.92 Å². The number of rotatable bonds is 7. The number of likely N-dealkylation sites (N-methyl/N-ethyl adjacent to an activating group) is 1. The summed E-state index contributed by atoms with van der Waals surface area (Å²) in [5, 5.41) is 0. The highest BCUT2D eigenvalue weighted by Gasteiger charge is 2.27. The molecule has 4 heteroatoms. The third kappa shape index (κ3) is 4.18. The molecule has 0 spiro atoms. The van der Waals surface area contributed by atoms with Crippen LogP contribution in [0.2, 0.25) is 0 Å². The maximum atomic E-state index is 13.7. The molecule has 0 aliphatic carbocycles. The minimum atomic E-state index is -0.331. The molecular formula is C26H25N3O. The summed E-state index contributed by atoms with van der Waals surface area (Å²) in [4.78, 5) is 20.3. The number of hydrogen-bond donors (Lipinski definition) is 0. The summed E-state index contributed by atoms with van der Waals surface area (Å²) >= 11 is 0. The van der Waals surface area contributed by atoms with Gasteiger partial charge in [-0.1, -0.05) is 66.2 Å². The number of Topliss-reactive ketones (excluding diaryl/α,β-unsaturated/α-hetero) is 1. The average molecular weight is 396 g/mol. The lowest BCUT2D eigenvalue weighted by molar-refractivity contribution is 0.0950. The Labute approximate surface area is 177 Å². The van der Waals surface area contributed by atoms with E-state index in [-0.39, 0.29) is 11.7 Å². The van der Waals surface area contributed by atoms with E-state index < -0.39 is 0 Å². The van der Waals surface area contributed by atoms with E-state index in [0.29, 0.717) is 12.4 Å². The van der Waals surface area contributed by atoms with Crippen LogP contribution in [0.4, 0.5) is 5.69 Å². The van der Waals surface area contributed by atoms with Crippen LogP contribution in [0.25, 0.3) is 5.69 Å². The van der Waals surface area contributed by atoms with Crippen molar-refractivity contribution in [2.45, 2.75) is 12.8 Å². The van der Waals surface area contributed by atoms with Crippen molar-refractivity contribution in [2.75, 3.05) is 18.5 Å². The van der Waals surface area contributed by atoms with Crippen molar-refractivity contribution in [2.24, 2.45) is 0 Å². The molecule has 0 bridgehead atoms. The molecule has 0 saturated carbocycles. The molecule has 1 aromatic heterocycles. The largest absolute Gasteiger partial charge is 0.374 e. The second-order valence-corrected chi connectivity index (χ2v) is 7.50. The molecule has 0 unspecified atom stereocenters. The molecule has 0 saturated heterocycles. The van der Waals surface area contributed by atoms with Gasteiger partial charge in [0.2, 0.25) is 5.78 Å². The first-order chi connectivity index (χ1) is 14.6. The maximum Gasteiger partial charge on any atom is 0.207 e. The Morgan fingerprint density at radius 2 is 1.57 bits per heavy atom. The fourth-order valence-electron chi connectivity index (χ4n) is 3.64. The number of aromatic nitrogens is 2. The number of nitrogens with zero attached hydrogens (tertiary/aromatic N) is 3. The van der Waals surface area contributed by atoms with Crippen LogP contribution >= 0.6 is 0 Å². The molecule has 1 atom stereocenters. The zero-order chi connectivity index (χ0) is 20.9. The lowest BCUT2D eigenvalue weighted by Gasteiger charge is -2.25. The second-order valence-electron chi connectivity index (χ2n) is 7.50. The van der Waals surface area contributed by atoms with Gasteiger partial charge < -0.3 is 4.90 Å². The van der Waals surface area contributed by atoms with Crippen LogP contribution in [0.1, 0.15) is 27.7 Å². The zero-order valence-electron chi connectivity index (χ0n) is 17.3. The number of anilines is 1. The molecular weight excluding hydrogens is 370 g/mol. The van der Waals surface area contributed by atoms with Crippen LogP contribution in [0.5, 0.6) is 0 Å². The first kappa shape index (κ1) is 19.6. The number of aryl methyl sites for hydroxylation is 1. The number of carbonyl (C=O) groups is 1. The highest BCUT2D eigenvalue weighted by molar-refractivity contribution is 5.99. The monoisotopic (exact) mass is 395 g/mol. The first-order valence-corrected chi connectivity index (χ1v) is 10.1. The molecule has 30 heavy (non-hydrogen) atoms. The van der Waals surface area contributed by atoms with E-state index >= 15 is 0 Å². The number of benzene rings is 3. The van der Waals surface area contributed by atoms with Gasteiger partial charge in [-0.25, -0.2) is 4.98 Å². The Hall–Kier alpha value is -3.66. The van der Waals surface area contributed by atoms with Gasteiger partial charge in [-0.3, -0.25) is 9.36 Å². The Morgan fingerprint density at radius 1 is 0.933 bits per heavy atom. The van der Waals surface area contributed by atoms with Crippen molar-refractivity contribution in [1.82, 2.24) is 9.55 Å². The van der Waals surface area contributed by atoms with Crippen LogP contribution in [-0.4, -0.2) is 28.9 Å². The number of ketones is 1. The summed E-state index contributed by atoms with van der Waals surface area (Å²) in [7, 11) is 2.03. The minimum absolute atomic E-state index is 0.00835. The predicted octanol–water partition coefficient (Wildman–Crippen LogP) is 5.28. The average Bonchev–Trinajstić information content (AvgIpc) is 3.28. The van der Waals surface area contributed by atoms with Crippen LogP contribution < -0.4 is 4.90 Å². The second kappa shape index (κ2) is 8.78. The molecule has 1 heterocycles. The van der Waals surface area contributed by atoms with Gasteiger partial charge in [0.15, 0.2) is 5.82 Å². The quantitative estimate of drug-likeness (QED) is 0.399. The third-order valence-corrected chi connectivity index (χ3v) is 5.35. The molecule has 0 N–H and O–H groups in total. The van der Waals surface area contributed by atoms with Crippen LogP contribution in [0.15, 0.2) is 97.3 Å². The predicted molar refractivity (Wildman–Crippen MR) is 122 cm³/mol. The fraction of sp³-hybridized carbons (Fsp3) is 0.154. The van der Waals surface area contributed by atoms with E-state index in [0.717, 1.165) is 16.9 Å². The fourth-order valence-corrected chi connectivity index (χ4v) is 3.64. The van der Waals surface area contributed by atoms with E-state index in [1.54, 1.807) is 6.20 Å². The van der Waals surface area contributed by atoms with E-state index in [1.807, 2.05) is 78.5 Å². The van der Waals surface area contributed by atoms with Gasteiger partial charge >= 0.3 is 0 Å². The number of para-hydroxylation sites is 1. The molecule has 4 rings (SSSR count). The Kier molecular flexibility index (Phi) is 5.75. The highest BCUT2D eigenvalue weighted by Crippen LogP contribution is 2.25. The summed E-state index contributed by atoms with van der Waals surface area (Å²) in [6.45, 7) is 2.64. The highest BCUT2D eigenvalue weighted by atomic mass is 16.1. The number of hydrogen-bond acceptors (Lipinski definition) is 3. The van der Waals surface area contributed by atoms with Gasteiger partial charge in [0, 0.05) is 37.4 Å². The van der Waals surface area contributed by atoms with E-state index in [1.165, 1.54) is 5.56 Å². The zero-order valence-corrected chi connectivity index (χ0v) is 17.3. The standard InChI is InChI=1S/C26H25N3O/c1-20-13-15-22(16-14-20)28(2)19-24(21-9-5-3-6-10-21)25(30)26-27-17-18-29(26)23-11-7-4-8-12-23/h3-18,24H,19H2,1-2H3/t24-/m1/s1. The van der Waals surface area contributed by atoms with E-state index in [4.69, 9.17) is 0 Å². The molecule has 0 fully saturated rings.